The fourth-order valence-electron chi connectivity index (χ4n) is 3.46. The monoisotopic (exact) mass is 386 g/mol. The van der Waals surface area contributed by atoms with Gasteiger partial charge in [-0.1, -0.05) is 24.6 Å². The van der Waals surface area contributed by atoms with Crippen LogP contribution in [0.2, 0.25) is 5.02 Å². The summed E-state index contributed by atoms with van der Waals surface area (Å²) < 4.78 is 5.51. The first-order valence-corrected chi connectivity index (χ1v) is 9.21. The highest BCUT2D eigenvalue weighted by Gasteiger charge is 2.33. The number of aryl methyl sites for hydroxylation is 1. The summed E-state index contributed by atoms with van der Waals surface area (Å²) in [4.78, 5) is 21.8. The normalized spacial score (nSPS) is 17.6. The molecule has 3 N–H and O–H groups in total. The smallest absolute Gasteiger partial charge is 0.211 e. The number of hydrogen-bond donors (Lipinski definition) is 2. The number of aromatic nitrogens is 2. The fourth-order valence-corrected chi connectivity index (χ4v) is 3.75. The number of nitrogen functional groups attached to an aromatic ring is 1. The van der Waals surface area contributed by atoms with Gasteiger partial charge in [-0.15, -0.1) is 0 Å². The van der Waals surface area contributed by atoms with Crippen molar-refractivity contribution in [2.24, 2.45) is 0 Å². The standard InChI is InChI=1S/C20H23ClN4O2/c1-5-6-13-19(26)17-12(21)7-16(22)25-18(17)15(24-13)8-14-11(3)20(27-4)10(2)9-23-14/h6-7,9,15,24H,5,8H2,1-4H3,(H2,22,25)/b13-6+. The summed E-state index contributed by atoms with van der Waals surface area (Å²) in [5.74, 6) is 0.939. The molecule has 1 aliphatic heterocycles. The van der Waals surface area contributed by atoms with E-state index in [1.807, 2.05) is 26.8 Å². The lowest BCUT2D eigenvalue weighted by molar-refractivity contribution is 0.101. The summed E-state index contributed by atoms with van der Waals surface area (Å²) in [5, 5.41) is 3.62. The molecular weight excluding hydrogens is 364 g/mol. The predicted molar refractivity (Wildman–Crippen MR) is 106 cm³/mol. The molecule has 7 heteroatoms. The second-order valence-electron chi connectivity index (χ2n) is 6.59. The molecule has 0 bridgehead atoms. The molecule has 0 radical (unpaired) electrons. The van der Waals surface area contributed by atoms with Gasteiger partial charge in [-0.05, 0) is 26.3 Å². The van der Waals surface area contributed by atoms with Gasteiger partial charge < -0.3 is 15.8 Å². The molecule has 0 spiro atoms. The topological polar surface area (TPSA) is 90.1 Å². The SMILES string of the molecule is CC/C=C1/NC(Cc2ncc(C)c(OC)c2C)c2nc(N)cc(Cl)c2C1=O. The van der Waals surface area contributed by atoms with Crippen LogP contribution in [0.25, 0.3) is 0 Å². The number of carbonyl (C=O) groups is 1. The van der Waals surface area contributed by atoms with Crippen LogP contribution < -0.4 is 15.8 Å². The number of fused-ring (bicyclic) bond motifs is 1. The number of methoxy groups -OCH3 is 1. The molecule has 27 heavy (non-hydrogen) atoms. The number of pyridine rings is 2. The number of Topliss-reactive ketones (excluding diaryl/α,β-unsaturated/α-hetero) is 1. The van der Waals surface area contributed by atoms with Gasteiger partial charge in [0.25, 0.3) is 0 Å². The summed E-state index contributed by atoms with van der Waals surface area (Å²) >= 11 is 6.34. The molecule has 0 saturated carbocycles. The van der Waals surface area contributed by atoms with Gasteiger partial charge in [-0.25, -0.2) is 4.98 Å². The maximum absolute atomic E-state index is 12.8. The van der Waals surface area contributed by atoms with Crippen LogP contribution in [0, 0.1) is 13.8 Å². The van der Waals surface area contributed by atoms with Crippen LogP contribution in [-0.4, -0.2) is 22.9 Å². The Labute approximate surface area is 163 Å². The molecule has 6 nitrogen and oxygen atoms in total. The molecule has 0 aliphatic carbocycles. The molecule has 2 aromatic heterocycles. The van der Waals surface area contributed by atoms with Crippen molar-refractivity contribution in [1.29, 1.82) is 0 Å². The van der Waals surface area contributed by atoms with E-state index in [1.165, 1.54) is 6.07 Å². The Hall–Kier alpha value is -2.60. The van der Waals surface area contributed by atoms with Gasteiger partial charge in [0.15, 0.2) is 0 Å². The van der Waals surface area contributed by atoms with Crippen LogP contribution in [0.3, 0.4) is 0 Å². The zero-order chi connectivity index (χ0) is 19.7. The van der Waals surface area contributed by atoms with E-state index in [0.717, 1.165) is 29.0 Å². The molecule has 0 amide bonds. The van der Waals surface area contributed by atoms with Crippen molar-refractivity contribution >= 4 is 23.2 Å². The van der Waals surface area contributed by atoms with Crippen molar-refractivity contribution in [3.05, 3.63) is 57.1 Å². The zero-order valence-corrected chi connectivity index (χ0v) is 16.6. The Morgan fingerprint density at radius 1 is 1.41 bits per heavy atom. The van der Waals surface area contributed by atoms with E-state index in [0.29, 0.717) is 28.4 Å². The maximum Gasteiger partial charge on any atom is 0.211 e. The molecule has 0 fully saturated rings. The van der Waals surface area contributed by atoms with Crippen molar-refractivity contribution in [3.63, 3.8) is 0 Å². The van der Waals surface area contributed by atoms with E-state index < -0.39 is 0 Å². The zero-order valence-electron chi connectivity index (χ0n) is 15.9. The van der Waals surface area contributed by atoms with E-state index in [4.69, 9.17) is 22.1 Å². The van der Waals surface area contributed by atoms with E-state index >= 15 is 0 Å². The van der Waals surface area contributed by atoms with Gasteiger partial charge in [-0.3, -0.25) is 9.78 Å². The van der Waals surface area contributed by atoms with Gasteiger partial charge in [0.1, 0.15) is 11.6 Å². The minimum Gasteiger partial charge on any atom is -0.496 e. The minimum atomic E-state index is -0.268. The number of ketones is 1. The van der Waals surface area contributed by atoms with Crippen LogP contribution in [-0.2, 0) is 6.42 Å². The molecule has 3 heterocycles. The quantitative estimate of drug-likeness (QED) is 0.778. The van der Waals surface area contributed by atoms with E-state index in [2.05, 4.69) is 15.3 Å². The average Bonchev–Trinajstić information content (AvgIpc) is 2.61. The van der Waals surface area contributed by atoms with E-state index in [1.54, 1.807) is 13.3 Å². The highest BCUT2D eigenvalue weighted by molar-refractivity contribution is 6.35. The molecule has 0 saturated heterocycles. The number of halogens is 1. The molecule has 142 valence electrons. The Balaban J connectivity index is 2.10. The van der Waals surface area contributed by atoms with Crippen molar-refractivity contribution in [2.75, 3.05) is 12.8 Å². The molecule has 3 rings (SSSR count). The third-order valence-electron chi connectivity index (χ3n) is 4.71. The number of ether oxygens (including phenoxy) is 1. The first-order chi connectivity index (χ1) is 12.9. The highest BCUT2D eigenvalue weighted by Crippen LogP contribution is 2.35. The van der Waals surface area contributed by atoms with Crippen LogP contribution in [0.5, 0.6) is 5.75 Å². The predicted octanol–water partition coefficient (Wildman–Crippen LogP) is 3.70. The molecule has 2 aromatic rings. The second kappa shape index (κ2) is 7.56. The van der Waals surface area contributed by atoms with Gasteiger partial charge in [0, 0.05) is 29.4 Å². The van der Waals surface area contributed by atoms with Crippen LogP contribution in [0.4, 0.5) is 5.82 Å². The summed E-state index contributed by atoms with van der Waals surface area (Å²) in [6.07, 6.45) is 4.90. The number of rotatable bonds is 4. The third kappa shape index (κ3) is 3.49. The van der Waals surface area contributed by atoms with Crippen LogP contribution in [0.1, 0.15) is 52.3 Å². The number of hydrogen-bond acceptors (Lipinski definition) is 6. The van der Waals surface area contributed by atoms with E-state index in [-0.39, 0.29) is 17.6 Å². The summed E-state index contributed by atoms with van der Waals surface area (Å²) in [6.45, 7) is 5.91. The maximum atomic E-state index is 12.8. The first kappa shape index (κ1) is 19.2. The largest absolute Gasteiger partial charge is 0.496 e. The lowest BCUT2D eigenvalue weighted by Gasteiger charge is -2.29. The Kier molecular flexibility index (Phi) is 5.37. The summed E-state index contributed by atoms with van der Waals surface area (Å²) in [5.41, 5.74) is 10.2. The lowest BCUT2D eigenvalue weighted by Crippen LogP contribution is -2.35. The summed E-state index contributed by atoms with van der Waals surface area (Å²) in [7, 11) is 1.65. The average molecular weight is 387 g/mol. The number of nitrogens with two attached hydrogens (primary N) is 1. The Morgan fingerprint density at radius 3 is 2.81 bits per heavy atom. The Morgan fingerprint density at radius 2 is 2.15 bits per heavy atom. The Bertz CT molecular complexity index is 940. The van der Waals surface area contributed by atoms with E-state index in [9.17, 15) is 4.79 Å². The first-order valence-electron chi connectivity index (χ1n) is 8.83. The summed E-state index contributed by atoms with van der Waals surface area (Å²) in [6, 6.07) is 1.25. The number of nitrogens with one attached hydrogen (secondary N) is 1. The second-order valence-corrected chi connectivity index (χ2v) is 7.00. The fraction of sp³-hybridized carbons (Fsp3) is 0.350. The molecule has 0 aromatic carbocycles. The third-order valence-corrected chi connectivity index (χ3v) is 5.00. The number of allylic oxidation sites excluding steroid dienone is 2. The molecule has 1 unspecified atom stereocenters. The number of carbonyl (C=O) groups excluding carboxylic acids is 1. The van der Waals surface area contributed by atoms with Crippen molar-refractivity contribution < 1.29 is 9.53 Å². The molecule has 1 atom stereocenters. The van der Waals surface area contributed by atoms with Crippen molar-refractivity contribution in [2.45, 2.75) is 39.7 Å². The van der Waals surface area contributed by atoms with Gasteiger partial charge in [-0.2, -0.15) is 0 Å². The van der Waals surface area contributed by atoms with Crippen LogP contribution in [0.15, 0.2) is 24.0 Å². The molecular formula is C20H23ClN4O2. The van der Waals surface area contributed by atoms with Crippen LogP contribution >= 0.6 is 11.6 Å². The van der Waals surface area contributed by atoms with Gasteiger partial charge in [0.2, 0.25) is 5.78 Å². The minimum absolute atomic E-state index is 0.160. The van der Waals surface area contributed by atoms with Gasteiger partial charge in [0.05, 0.1) is 35.1 Å². The number of anilines is 1. The molecule has 1 aliphatic rings. The lowest BCUT2D eigenvalue weighted by atomic mass is 9.91. The van der Waals surface area contributed by atoms with Gasteiger partial charge >= 0.3 is 0 Å². The van der Waals surface area contributed by atoms with Crippen molar-refractivity contribution in [3.8, 4) is 5.75 Å². The number of nitrogens with zero attached hydrogens (tertiary/aromatic N) is 2. The highest BCUT2D eigenvalue weighted by atomic mass is 35.5. The van der Waals surface area contributed by atoms with Crippen molar-refractivity contribution in [1.82, 2.24) is 15.3 Å².